The Morgan fingerprint density at radius 1 is 1.56 bits per heavy atom. The molecule has 1 atom stereocenters. The summed E-state index contributed by atoms with van der Waals surface area (Å²) in [6, 6.07) is 0. The second kappa shape index (κ2) is 5.31. The molecular formula is C9H16N2O4S. The molecule has 0 aromatic carbocycles. The first-order valence-electron chi connectivity index (χ1n) is 5.03. The number of carbonyl (C=O) groups is 1. The molecule has 0 aromatic rings. The van der Waals surface area contributed by atoms with Gasteiger partial charge < -0.3 is 10.6 Å². The highest BCUT2D eigenvalue weighted by Crippen LogP contribution is 2.13. The Hall–Kier alpha value is -1.08. The normalized spacial score (nSPS) is 21.1. The van der Waals surface area contributed by atoms with Crippen LogP contribution in [0, 0.1) is 5.92 Å². The van der Waals surface area contributed by atoms with E-state index in [1.54, 1.807) is 0 Å². The highest BCUT2D eigenvalue weighted by atomic mass is 32.2. The lowest BCUT2D eigenvalue weighted by molar-refractivity contribution is -0.122. The predicted octanol–water partition coefficient (Wildman–Crippen LogP) is -0.415. The SMILES string of the molecule is NC(=O)C1CC=CN(CCCS(=O)(=O)O)C1. The van der Waals surface area contributed by atoms with Crippen LogP contribution in [0.3, 0.4) is 0 Å². The molecule has 1 rings (SSSR count). The maximum Gasteiger partial charge on any atom is 0.264 e. The van der Waals surface area contributed by atoms with Crippen molar-refractivity contribution in [2.24, 2.45) is 11.7 Å². The summed E-state index contributed by atoms with van der Waals surface area (Å²) in [5.74, 6) is -0.821. The highest BCUT2D eigenvalue weighted by molar-refractivity contribution is 7.85. The molecule has 0 aliphatic carbocycles. The summed E-state index contributed by atoms with van der Waals surface area (Å²) in [7, 11) is -3.90. The van der Waals surface area contributed by atoms with E-state index in [2.05, 4.69) is 0 Å². The van der Waals surface area contributed by atoms with Gasteiger partial charge in [0.1, 0.15) is 0 Å². The minimum atomic E-state index is -3.90. The minimum Gasteiger partial charge on any atom is -0.377 e. The molecular weight excluding hydrogens is 232 g/mol. The fourth-order valence-electron chi connectivity index (χ4n) is 1.61. The van der Waals surface area contributed by atoms with Crippen LogP contribution < -0.4 is 5.73 Å². The van der Waals surface area contributed by atoms with Gasteiger partial charge in [-0.25, -0.2) is 0 Å². The number of allylic oxidation sites excluding steroid dienone is 1. The van der Waals surface area contributed by atoms with E-state index in [0.29, 0.717) is 25.9 Å². The molecule has 0 saturated heterocycles. The summed E-state index contributed by atoms with van der Waals surface area (Å²) in [6.07, 6.45) is 4.62. The van der Waals surface area contributed by atoms with Gasteiger partial charge in [0, 0.05) is 13.1 Å². The average molecular weight is 248 g/mol. The number of nitrogens with two attached hydrogens (primary N) is 1. The number of carbonyl (C=O) groups excluding carboxylic acids is 1. The molecule has 3 N–H and O–H groups in total. The third-order valence-corrected chi connectivity index (χ3v) is 3.25. The van der Waals surface area contributed by atoms with Gasteiger partial charge in [-0.05, 0) is 19.0 Å². The van der Waals surface area contributed by atoms with Gasteiger partial charge >= 0.3 is 0 Å². The fourth-order valence-corrected chi connectivity index (χ4v) is 2.11. The van der Waals surface area contributed by atoms with E-state index in [0.717, 1.165) is 0 Å². The van der Waals surface area contributed by atoms with E-state index in [1.165, 1.54) is 0 Å². The lowest BCUT2D eigenvalue weighted by atomic mass is 10.0. The molecule has 0 aromatic heterocycles. The van der Waals surface area contributed by atoms with Crippen LogP contribution in [0.4, 0.5) is 0 Å². The third-order valence-electron chi connectivity index (χ3n) is 2.44. The summed E-state index contributed by atoms with van der Waals surface area (Å²) in [6.45, 7) is 0.997. The second-order valence-corrected chi connectivity index (χ2v) is 5.43. The minimum absolute atomic E-state index is 0.212. The molecule has 7 heteroatoms. The predicted molar refractivity (Wildman–Crippen MR) is 59.0 cm³/mol. The molecule has 1 amide bonds. The second-order valence-electron chi connectivity index (χ2n) is 3.85. The van der Waals surface area contributed by atoms with E-state index in [1.807, 2.05) is 17.2 Å². The van der Waals surface area contributed by atoms with Crippen molar-refractivity contribution in [2.45, 2.75) is 12.8 Å². The molecule has 0 bridgehead atoms. The Morgan fingerprint density at radius 3 is 2.81 bits per heavy atom. The Kier molecular flexibility index (Phi) is 4.31. The average Bonchev–Trinajstić information content (AvgIpc) is 2.16. The summed E-state index contributed by atoms with van der Waals surface area (Å²) >= 11 is 0. The van der Waals surface area contributed by atoms with Crippen molar-refractivity contribution in [2.75, 3.05) is 18.8 Å². The van der Waals surface area contributed by atoms with Crippen LogP contribution in [0.2, 0.25) is 0 Å². The van der Waals surface area contributed by atoms with Gasteiger partial charge in [-0.1, -0.05) is 6.08 Å². The van der Waals surface area contributed by atoms with Gasteiger partial charge in [0.2, 0.25) is 5.91 Å². The van der Waals surface area contributed by atoms with E-state index >= 15 is 0 Å². The molecule has 1 aliphatic heterocycles. The van der Waals surface area contributed by atoms with E-state index in [9.17, 15) is 13.2 Å². The van der Waals surface area contributed by atoms with Gasteiger partial charge in [-0.3, -0.25) is 9.35 Å². The van der Waals surface area contributed by atoms with Crippen molar-refractivity contribution >= 4 is 16.0 Å². The van der Waals surface area contributed by atoms with Crippen molar-refractivity contribution in [1.29, 1.82) is 0 Å². The van der Waals surface area contributed by atoms with Crippen molar-refractivity contribution < 1.29 is 17.8 Å². The molecule has 92 valence electrons. The number of nitrogens with zero attached hydrogens (tertiary/aromatic N) is 1. The van der Waals surface area contributed by atoms with Crippen molar-refractivity contribution in [3.8, 4) is 0 Å². The van der Waals surface area contributed by atoms with Crippen molar-refractivity contribution in [3.05, 3.63) is 12.3 Å². The zero-order chi connectivity index (χ0) is 12.2. The number of amides is 1. The summed E-state index contributed by atoms with van der Waals surface area (Å²) in [5, 5.41) is 0. The molecule has 6 nitrogen and oxygen atoms in total. The van der Waals surface area contributed by atoms with Gasteiger partial charge in [0.15, 0.2) is 0 Å². The Balaban J connectivity index is 2.36. The van der Waals surface area contributed by atoms with Crippen LogP contribution in [-0.2, 0) is 14.9 Å². The maximum absolute atomic E-state index is 11.0. The van der Waals surface area contributed by atoms with Gasteiger partial charge in [-0.15, -0.1) is 0 Å². The topological polar surface area (TPSA) is 101 Å². The van der Waals surface area contributed by atoms with Crippen molar-refractivity contribution in [3.63, 3.8) is 0 Å². The lowest BCUT2D eigenvalue weighted by Crippen LogP contribution is -2.36. The van der Waals surface area contributed by atoms with Crippen LogP contribution >= 0.6 is 0 Å². The lowest BCUT2D eigenvalue weighted by Gasteiger charge is -2.27. The first-order valence-corrected chi connectivity index (χ1v) is 6.64. The standard InChI is InChI=1S/C9H16N2O4S/c10-9(12)8-3-1-4-11(7-8)5-2-6-16(13,14)15/h1,4,8H,2-3,5-7H2,(H2,10,12)(H,13,14,15). The first kappa shape index (κ1) is 13.0. The van der Waals surface area contributed by atoms with E-state index in [-0.39, 0.29) is 17.6 Å². The van der Waals surface area contributed by atoms with E-state index < -0.39 is 10.1 Å². The summed E-state index contributed by atoms with van der Waals surface area (Å²) < 4.78 is 29.5. The van der Waals surface area contributed by atoms with Crippen LogP contribution in [-0.4, -0.2) is 42.6 Å². The van der Waals surface area contributed by atoms with Crippen molar-refractivity contribution in [1.82, 2.24) is 4.90 Å². The smallest absolute Gasteiger partial charge is 0.264 e. The van der Waals surface area contributed by atoms with Crippen LogP contribution in [0.5, 0.6) is 0 Å². The van der Waals surface area contributed by atoms with Gasteiger partial charge in [0.05, 0.1) is 11.7 Å². The number of hydrogen-bond donors (Lipinski definition) is 2. The third kappa shape index (κ3) is 4.63. The largest absolute Gasteiger partial charge is 0.377 e. The molecule has 1 unspecified atom stereocenters. The quantitative estimate of drug-likeness (QED) is 0.644. The Labute approximate surface area is 94.9 Å². The van der Waals surface area contributed by atoms with Crippen LogP contribution in [0.15, 0.2) is 12.3 Å². The van der Waals surface area contributed by atoms with Crippen LogP contribution in [0.1, 0.15) is 12.8 Å². The molecule has 16 heavy (non-hydrogen) atoms. The number of hydrogen-bond acceptors (Lipinski definition) is 4. The maximum atomic E-state index is 11.0. The van der Waals surface area contributed by atoms with Gasteiger partial charge in [0.25, 0.3) is 10.1 Å². The van der Waals surface area contributed by atoms with Gasteiger partial charge in [-0.2, -0.15) is 8.42 Å². The van der Waals surface area contributed by atoms with Crippen LogP contribution in [0.25, 0.3) is 0 Å². The highest BCUT2D eigenvalue weighted by Gasteiger charge is 2.19. The zero-order valence-electron chi connectivity index (χ0n) is 8.87. The molecule has 1 aliphatic rings. The fraction of sp³-hybridized carbons (Fsp3) is 0.667. The first-order chi connectivity index (χ1) is 7.38. The number of primary amides is 1. The Morgan fingerprint density at radius 2 is 2.25 bits per heavy atom. The molecule has 0 saturated carbocycles. The number of rotatable bonds is 5. The summed E-state index contributed by atoms with van der Waals surface area (Å²) in [5.41, 5.74) is 5.19. The molecule has 0 fully saturated rings. The molecule has 1 heterocycles. The molecule has 0 radical (unpaired) electrons. The molecule has 0 spiro atoms. The zero-order valence-corrected chi connectivity index (χ0v) is 9.69. The summed E-state index contributed by atoms with van der Waals surface area (Å²) in [4.78, 5) is 12.8. The monoisotopic (exact) mass is 248 g/mol. The Bertz CT molecular complexity index is 377. The van der Waals surface area contributed by atoms with E-state index in [4.69, 9.17) is 10.3 Å².